The normalized spacial score (nSPS) is 26.1. The Hall–Kier alpha value is -1.88. The molecule has 5 heteroatoms. The molecule has 3 amide bonds. The van der Waals surface area contributed by atoms with Gasteiger partial charge in [-0.2, -0.15) is 0 Å². The van der Waals surface area contributed by atoms with E-state index in [1.54, 1.807) is 0 Å². The molecule has 3 rings (SSSR count). The van der Waals surface area contributed by atoms with Crippen molar-refractivity contribution < 1.29 is 9.59 Å². The largest absolute Gasteiger partial charge is 0.325 e. The molecule has 2 heterocycles. The van der Waals surface area contributed by atoms with Gasteiger partial charge in [0.25, 0.3) is 5.91 Å². The lowest BCUT2D eigenvalue weighted by Crippen LogP contribution is -2.57. The predicted molar refractivity (Wildman–Crippen MR) is 75.2 cm³/mol. The molecule has 2 aliphatic heterocycles. The van der Waals surface area contributed by atoms with Crippen molar-refractivity contribution in [1.29, 1.82) is 0 Å². The summed E-state index contributed by atoms with van der Waals surface area (Å²) in [6, 6.07) is 9.66. The van der Waals surface area contributed by atoms with Crippen molar-refractivity contribution >= 4 is 11.9 Å². The molecule has 1 unspecified atom stereocenters. The van der Waals surface area contributed by atoms with Gasteiger partial charge in [0, 0.05) is 13.1 Å². The number of carbonyl (C=O) groups excluding carboxylic acids is 2. The average molecular weight is 273 g/mol. The Morgan fingerprint density at radius 3 is 2.70 bits per heavy atom. The molecule has 2 saturated heterocycles. The monoisotopic (exact) mass is 273 g/mol. The van der Waals surface area contributed by atoms with Gasteiger partial charge in [-0.15, -0.1) is 0 Å². The van der Waals surface area contributed by atoms with Crippen LogP contribution in [0.5, 0.6) is 0 Å². The molecule has 0 saturated carbocycles. The van der Waals surface area contributed by atoms with Gasteiger partial charge >= 0.3 is 6.03 Å². The quantitative estimate of drug-likeness (QED) is 0.805. The molecule has 1 atom stereocenters. The van der Waals surface area contributed by atoms with E-state index in [9.17, 15) is 9.59 Å². The van der Waals surface area contributed by atoms with E-state index < -0.39 is 5.54 Å². The van der Waals surface area contributed by atoms with Crippen molar-refractivity contribution in [3.63, 3.8) is 0 Å². The summed E-state index contributed by atoms with van der Waals surface area (Å²) in [7, 11) is 0. The van der Waals surface area contributed by atoms with Crippen LogP contribution in [0.15, 0.2) is 30.3 Å². The molecular weight excluding hydrogens is 254 g/mol. The first-order valence-corrected chi connectivity index (χ1v) is 7.10. The van der Waals surface area contributed by atoms with Crippen LogP contribution in [0.3, 0.4) is 0 Å². The third-order valence-corrected chi connectivity index (χ3v) is 4.10. The Balaban J connectivity index is 1.68. The summed E-state index contributed by atoms with van der Waals surface area (Å²) in [6.07, 6.45) is 2.34. The highest BCUT2D eigenvalue weighted by Crippen LogP contribution is 2.25. The summed E-state index contributed by atoms with van der Waals surface area (Å²) in [6.45, 7) is 1.89. The fourth-order valence-electron chi connectivity index (χ4n) is 2.96. The minimum atomic E-state index is -0.702. The zero-order chi connectivity index (χ0) is 14.0. The van der Waals surface area contributed by atoms with Crippen LogP contribution in [0.2, 0.25) is 0 Å². The first kappa shape index (κ1) is 13.1. The number of urea groups is 1. The number of amides is 3. The summed E-state index contributed by atoms with van der Waals surface area (Å²) in [4.78, 5) is 25.9. The van der Waals surface area contributed by atoms with E-state index in [1.165, 1.54) is 4.90 Å². The summed E-state index contributed by atoms with van der Waals surface area (Å²) in [5.74, 6) is -0.0781. The first-order chi connectivity index (χ1) is 9.71. The Morgan fingerprint density at radius 1 is 1.20 bits per heavy atom. The van der Waals surface area contributed by atoms with Crippen molar-refractivity contribution in [1.82, 2.24) is 15.5 Å². The van der Waals surface area contributed by atoms with Crippen LogP contribution >= 0.6 is 0 Å². The molecule has 106 valence electrons. The fourth-order valence-corrected chi connectivity index (χ4v) is 2.96. The molecule has 0 aromatic heterocycles. The summed E-state index contributed by atoms with van der Waals surface area (Å²) in [5.41, 5.74) is 0.433. The standard InChI is InChI=1S/C15H19N3O2/c19-13-15(8-4-9-16-11-15)17-14(20)18(13)10-7-12-5-2-1-3-6-12/h1-3,5-6,16H,4,7-11H2,(H,17,20). The van der Waals surface area contributed by atoms with Crippen LogP contribution in [0.25, 0.3) is 0 Å². The SMILES string of the molecule is O=C1NC2(CCCNC2)C(=O)N1CCc1ccccc1. The lowest BCUT2D eigenvalue weighted by atomic mass is 9.90. The van der Waals surface area contributed by atoms with Crippen molar-refractivity contribution in [2.24, 2.45) is 0 Å². The van der Waals surface area contributed by atoms with Crippen LogP contribution < -0.4 is 10.6 Å². The third-order valence-electron chi connectivity index (χ3n) is 4.10. The number of hydrogen-bond acceptors (Lipinski definition) is 3. The zero-order valence-corrected chi connectivity index (χ0v) is 11.4. The van der Waals surface area contributed by atoms with Crippen LogP contribution in [-0.4, -0.2) is 42.0 Å². The molecule has 1 spiro atoms. The molecule has 2 aliphatic rings. The Bertz CT molecular complexity index is 509. The molecule has 0 radical (unpaired) electrons. The van der Waals surface area contributed by atoms with E-state index in [4.69, 9.17) is 0 Å². The molecular formula is C15H19N3O2. The number of benzene rings is 1. The van der Waals surface area contributed by atoms with E-state index in [1.807, 2.05) is 30.3 Å². The van der Waals surface area contributed by atoms with Gasteiger partial charge in [-0.25, -0.2) is 4.79 Å². The van der Waals surface area contributed by atoms with Gasteiger partial charge in [0.15, 0.2) is 0 Å². The number of piperidine rings is 1. The van der Waals surface area contributed by atoms with Gasteiger partial charge in [0.1, 0.15) is 5.54 Å². The van der Waals surface area contributed by atoms with Crippen LogP contribution in [0.1, 0.15) is 18.4 Å². The second-order valence-corrected chi connectivity index (χ2v) is 5.48. The summed E-state index contributed by atoms with van der Waals surface area (Å²) < 4.78 is 0. The van der Waals surface area contributed by atoms with Crippen LogP contribution in [0, 0.1) is 0 Å². The average Bonchev–Trinajstić information content (AvgIpc) is 2.70. The number of carbonyl (C=O) groups is 2. The van der Waals surface area contributed by atoms with Crippen LogP contribution in [-0.2, 0) is 11.2 Å². The van der Waals surface area contributed by atoms with E-state index in [0.29, 0.717) is 19.5 Å². The maximum absolute atomic E-state index is 12.5. The van der Waals surface area contributed by atoms with Crippen LogP contribution in [0.4, 0.5) is 4.79 Å². The number of imide groups is 1. The van der Waals surface area contributed by atoms with Gasteiger partial charge in [-0.3, -0.25) is 9.69 Å². The topological polar surface area (TPSA) is 61.4 Å². The highest BCUT2D eigenvalue weighted by atomic mass is 16.2. The Morgan fingerprint density at radius 2 is 2.00 bits per heavy atom. The van der Waals surface area contributed by atoms with Crippen molar-refractivity contribution in [2.75, 3.05) is 19.6 Å². The minimum Gasteiger partial charge on any atom is -0.322 e. The van der Waals surface area contributed by atoms with Crippen molar-refractivity contribution in [3.8, 4) is 0 Å². The van der Waals surface area contributed by atoms with Gasteiger partial charge in [0.05, 0.1) is 0 Å². The number of hydrogen-bond donors (Lipinski definition) is 2. The summed E-state index contributed by atoms with van der Waals surface area (Å²) in [5, 5.41) is 6.08. The van der Waals surface area contributed by atoms with Crippen molar-refractivity contribution in [2.45, 2.75) is 24.8 Å². The highest BCUT2D eigenvalue weighted by molar-refractivity contribution is 6.07. The summed E-state index contributed by atoms with van der Waals surface area (Å²) >= 11 is 0. The lowest BCUT2D eigenvalue weighted by Gasteiger charge is -2.31. The van der Waals surface area contributed by atoms with E-state index in [-0.39, 0.29) is 11.9 Å². The Kier molecular flexibility index (Phi) is 3.44. The van der Waals surface area contributed by atoms with Gasteiger partial charge in [-0.05, 0) is 31.4 Å². The molecule has 1 aromatic carbocycles. The highest BCUT2D eigenvalue weighted by Gasteiger charge is 2.51. The lowest BCUT2D eigenvalue weighted by molar-refractivity contribution is -0.131. The fraction of sp³-hybridized carbons (Fsp3) is 0.467. The zero-order valence-electron chi connectivity index (χ0n) is 11.4. The van der Waals surface area contributed by atoms with E-state index in [2.05, 4.69) is 10.6 Å². The maximum Gasteiger partial charge on any atom is 0.325 e. The molecule has 5 nitrogen and oxygen atoms in total. The second-order valence-electron chi connectivity index (χ2n) is 5.48. The molecule has 0 bridgehead atoms. The smallest absolute Gasteiger partial charge is 0.322 e. The molecule has 1 aromatic rings. The Labute approximate surface area is 118 Å². The number of rotatable bonds is 3. The first-order valence-electron chi connectivity index (χ1n) is 7.10. The second kappa shape index (κ2) is 5.25. The molecule has 20 heavy (non-hydrogen) atoms. The van der Waals surface area contributed by atoms with E-state index >= 15 is 0 Å². The van der Waals surface area contributed by atoms with Gasteiger partial charge in [0.2, 0.25) is 0 Å². The minimum absolute atomic E-state index is 0.0781. The molecule has 2 fully saturated rings. The number of nitrogens with one attached hydrogen (secondary N) is 2. The maximum atomic E-state index is 12.5. The molecule has 0 aliphatic carbocycles. The third kappa shape index (κ3) is 2.29. The van der Waals surface area contributed by atoms with Crippen molar-refractivity contribution in [3.05, 3.63) is 35.9 Å². The van der Waals surface area contributed by atoms with Gasteiger partial charge in [-0.1, -0.05) is 30.3 Å². The predicted octanol–water partition coefficient (Wildman–Crippen LogP) is 0.903. The van der Waals surface area contributed by atoms with E-state index in [0.717, 1.165) is 24.9 Å². The number of nitrogens with zero attached hydrogens (tertiary/aromatic N) is 1. The van der Waals surface area contributed by atoms with Gasteiger partial charge < -0.3 is 10.6 Å². The molecule has 2 N–H and O–H groups in total.